The van der Waals surface area contributed by atoms with E-state index in [4.69, 9.17) is 0 Å². The van der Waals surface area contributed by atoms with E-state index in [1.807, 2.05) is 0 Å². The van der Waals surface area contributed by atoms with Crippen LogP contribution in [0, 0.1) is 0 Å². The number of hydrogen-bond acceptors (Lipinski definition) is 5. The summed E-state index contributed by atoms with van der Waals surface area (Å²) in [4.78, 5) is 21.3. The number of cyclic esters (lactones) is 2. The molecule has 0 aromatic heterocycles. The number of carbonyl (C=O) groups is 2. The Balaban J connectivity index is 2.73. The molecule has 1 aliphatic rings. The first kappa shape index (κ1) is 14.4. The Bertz CT molecular complexity index is 333. The molecule has 1 unspecified atom stereocenters. The van der Waals surface area contributed by atoms with Crippen LogP contribution < -0.4 is 0 Å². The molecule has 0 N–H and O–H groups in total. The van der Waals surface area contributed by atoms with E-state index in [1.54, 1.807) is 0 Å². The van der Waals surface area contributed by atoms with Crippen LogP contribution >= 0.6 is 0 Å². The Kier molecular flexibility index (Phi) is 3.62. The van der Waals surface area contributed by atoms with Gasteiger partial charge < -0.3 is 14.2 Å². The molecule has 1 aliphatic heterocycles. The lowest BCUT2D eigenvalue weighted by molar-refractivity contribution is -0.314. The third-order valence-corrected chi connectivity index (χ3v) is 1.68. The highest BCUT2D eigenvalue weighted by Gasteiger charge is 2.60. The highest BCUT2D eigenvalue weighted by atomic mass is 19.4. The number of carbonyl (C=O) groups excluding carboxylic acids is 2. The van der Waals surface area contributed by atoms with Crippen molar-refractivity contribution in [1.82, 2.24) is 0 Å². The van der Waals surface area contributed by atoms with Gasteiger partial charge in [-0.25, -0.2) is 9.59 Å². The standard InChI is InChI=1S/C7H4F6O5/c8-6(9,10)4(7(11,12)13)18-3(14)2-1-16-5(15)17-2/h2,4H,1H2. The molecule has 18 heavy (non-hydrogen) atoms. The smallest absolute Gasteiger partial charge is 0.440 e. The Labute approximate surface area is 94.6 Å². The van der Waals surface area contributed by atoms with Gasteiger partial charge in [-0.1, -0.05) is 0 Å². The molecule has 0 amide bonds. The van der Waals surface area contributed by atoms with E-state index in [9.17, 15) is 35.9 Å². The molecule has 0 aromatic rings. The van der Waals surface area contributed by atoms with E-state index in [2.05, 4.69) is 14.2 Å². The zero-order valence-corrected chi connectivity index (χ0v) is 8.17. The van der Waals surface area contributed by atoms with E-state index in [0.717, 1.165) is 0 Å². The molecule has 1 atom stereocenters. The molecule has 1 rings (SSSR count). The van der Waals surface area contributed by atoms with Crippen LogP contribution in [0.5, 0.6) is 0 Å². The Morgan fingerprint density at radius 3 is 2.06 bits per heavy atom. The van der Waals surface area contributed by atoms with Gasteiger partial charge in [-0.2, -0.15) is 26.3 Å². The predicted octanol–water partition coefficient (Wildman–Crippen LogP) is 1.56. The molecule has 0 aromatic carbocycles. The highest BCUT2D eigenvalue weighted by molar-refractivity contribution is 5.79. The maximum absolute atomic E-state index is 12.0. The molecule has 104 valence electrons. The number of esters is 1. The molecule has 0 spiro atoms. The molecule has 1 heterocycles. The summed E-state index contributed by atoms with van der Waals surface area (Å²) in [6, 6.07) is 0. The molecule has 5 nitrogen and oxygen atoms in total. The van der Waals surface area contributed by atoms with E-state index < -0.39 is 43.3 Å². The summed E-state index contributed by atoms with van der Waals surface area (Å²) in [6.45, 7) is -0.805. The summed E-state index contributed by atoms with van der Waals surface area (Å²) in [7, 11) is 0. The monoisotopic (exact) mass is 282 g/mol. The SMILES string of the molecule is O=C1OCC(C(=O)OC(C(F)(F)F)C(F)(F)F)O1. The molecule has 1 fully saturated rings. The van der Waals surface area contributed by atoms with Crippen molar-refractivity contribution in [2.24, 2.45) is 0 Å². The van der Waals surface area contributed by atoms with Crippen molar-refractivity contribution >= 4 is 12.1 Å². The van der Waals surface area contributed by atoms with Crippen molar-refractivity contribution < 1.29 is 50.1 Å². The lowest BCUT2D eigenvalue weighted by Crippen LogP contribution is -2.47. The summed E-state index contributed by atoms with van der Waals surface area (Å²) in [5.41, 5.74) is 0. The van der Waals surface area contributed by atoms with Gasteiger partial charge in [-0.15, -0.1) is 0 Å². The summed E-state index contributed by atoms with van der Waals surface area (Å²) in [5.74, 6) is -1.99. The van der Waals surface area contributed by atoms with Gasteiger partial charge in [0.05, 0.1) is 0 Å². The molecule has 0 aliphatic carbocycles. The van der Waals surface area contributed by atoms with Crippen LogP contribution in [0.2, 0.25) is 0 Å². The predicted molar refractivity (Wildman–Crippen MR) is 38.2 cm³/mol. The third-order valence-electron chi connectivity index (χ3n) is 1.68. The first-order valence-electron chi connectivity index (χ1n) is 4.19. The quantitative estimate of drug-likeness (QED) is 0.568. The summed E-state index contributed by atoms with van der Waals surface area (Å²) in [6.07, 6.45) is -19.2. The minimum Gasteiger partial charge on any atom is -0.440 e. The van der Waals surface area contributed by atoms with Crippen LogP contribution in [0.15, 0.2) is 0 Å². The Morgan fingerprint density at radius 1 is 1.22 bits per heavy atom. The number of hydrogen-bond donors (Lipinski definition) is 0. The fraction of sp³-hybridized carbons (Fsp3) is 0.714. The van der Waals surface area contributed by atoms with Crippen LogP contribution in [0.3, 0.4) is 0 Å². The van der Waals surface area contributed by atoms with Gasteiger partial charge >= 0.3 is 24.5 Å². The highest BCUT2D eigenvalue weighted by Crippen LogP contribution is 2.36. The van der Waals surface area contributed by atoms with Gasteiger partial charge in [0.15, 0.2) is 0 Å². The van der Waals surface area contributed by atoms with Gasteiger partial charge in [0.25, 0.3) is 6.10 Å². The van der Waals surface area contributed by atoms with Crippen LogP contribution in [0.1, 0.15) is 0 Å². The first-order valence-corrected chi connectivity index (χ1v) is 4.19. The van der Waals surface area contributed by atoms with Crippen molar-refractivity contribution in [2.75, 3.05) is 6.61 Å². The van der Waals surface area contributed by atoms with Gasteiger partial charge in [0.2, 0.25) is 6.10 Å². The molecule has 0 radical (unpaired) electrons. The molecular formula is C7H4F6O5. The van der Waals surface area contributed by atoms with E-state index in [0.29, 0.717) is 0 Å². The Morgan fingerprint density at radius 2 is 1.72 bits per heavy atom. The zero-order valence-electron chi connectivity index (χ0n) is 8.17. The van der Waals surface area contributed by atoms with Crippen LogP contribution in [0.4, 0.5) is 31.1 Å². The van der Waals surface area contributed by atoms with Gasteiger partial charge in [-0.05, 0) is 0 Å². The van der Waals surface area contributed by atoms with Crippen LogP contribution in [-0.2, 0) is 19.0 Å². The van der Waals surface area contributed by atoms with Crippen molar-refractivity contribution in [1.29, 1.82) is 0 Å². The first-order chi connectivity index (χ1) is 8.01. The molecular weight excluding hydrogens is 278 g/mol. The lowest BCUT2D eigenvalue weighted by Gasteiger charge is -2.23. The second kappa shape index (κ2) is 4.53. The average molecular weight is 282 g/mol. The van der Waals surface area contributed by atoms with Crippen molar-refractivity contribution in [3.8, 4) is 0 Å². The maximum atomic E-state index is 12.0. The van der Waals surface area contributed by atoms with Crippen LogP contribution in [0.25, 0.3) is 0 Å². The van der Waals surface area contributed by atoms with E-state index in [-0.39, 0.29) is 0 Å². The summed E-state index contributed by atoms with van der Waals surface area (Å²) in [5, 5.41) is 0. The van der Waals surface area contributed by atoms with Gasteiger partial charge in [-0.3, -0.25) is 0 Å². The number of ether oxygens (including phenoxy) is 3. The van der Waals surface area contributed by atoms with Gasteiger partial charge in [0.1, 0.15) is 6.61 Å². The number of alkyl halides is 6. The zero-order chi connectivity index (χ0) is 14.1. The Hall–Kier alpha value is -1.68. The molecule has 0 saturated carbocycles. The third kappa shape index (κ3) is 3.40. The second-order valence-electron chi connectivity index (χ2n) is 3.07. The second-order valence-corrected chi connectivity index (χ2v) is 3.07. The summed E-state index contributed by atoms with van der Waals surface area (Å²) < 4.78 is 83.3. The van der Waals surface area contributed by atoms with Gasteiger partial charge in [0, 0.05) is 0 Å². The van der Waals surface area contributed by atoms with Crippen molar-refractivity contribution in [3.05, 3.63) is 0 Å². The van der Waals surface area contributed by atoms with E-state index >= 15 is 0 Å². The normalized spacial score (nSPS) is 20.6. The summed E-state index contributed by atoms with van der Waals surface area (Å²) >= 11 is 0. The number of halogens is 6. The average Bonchev–Trinajstić information content (AvgIpc) is 2.57. The van der Waals surface area contributed by atoms with Crippen LogP contribution in [-0.4, -0.2) is 43.3 Å². The topological polar surface area (TPSA) is 61.8 Å². The fourth-order valence-electron chi connectivity index (χ4n) is 0.955. The maximum Gasteiger partial charge on any atom is 0.509 e. The molecule has 1 saturated heterocycles. The number of rotatable bonds is 2. The molecule has 0 bridgehead atoms. The minimum absolute atomic E-state index is 0.805. The van der Waals surface area contributed by atoms with Crippen molar-refractivity contribution in [2.45, 2.75) is 24.6 Å². The van der Waals surface area contributed by atoms with Crippen molar-refractivity contribution in [3.63, 3.8) is 0 Å². The fourth-order valence-corrected chi connectivity index (χ4v) is 0.955. The lowest BCUT2D eigenvalue weighted by atomic mass is 10.3. The minimum atomic E-state index is -5.82. The van der Waals surface area contributed by atoms with E-state index in [1.165, 1.54) is 0 Å². The molecule has 11 heteroatoms. The largest absolute Gasteiger partial charge is 0.509 e.